The van der Waals surface area contributed by atoms with Crippen molar-refractivity contribution in [1.29, 1.82) is 0 Å². The van der Waals surface area contributed by atoms with Gasteiger partial charge in [0.15, 0.2) is 11.5 Å². The lowest BCUT2D eigenvalue weighted by molar-refractivity contribution is 0.102. The van der Waals surface area contributed by atoms with Crippen molar-refractivity contribution in [3.63, 3.8) is 0 Å². The lowest BCUT2D eigenvalue weighted by Gasteiger charge is -2.30. The van der Waals surface area contributed by atoms with Gasteiger partial charge in [-0.25, -0.2) is 9.97 Å². The van der Waals surface area contributed by atoms with Gasteiger partial charge in [-0.3, -0.25) is 9.78 Å². The zero-order chi connectivity index (χ0) is 21.9. The number of hydrogen-bond donors (Lipinski definition) is 3. The maximum atomic E-state index is 13.1. The number of anilines is 3. The van der Waals surface area contributed by atoms with E-state index in [1.54, 1.807) is 18.6 Å². The smallest absolute Gasteiger partial charge is 0.278 e. The molecule has 3 aromatic rings. The van der Waals surface area contributed by atoms with Gasteiger partial charge < -0.3 is 26.0 Å². The van der Waals surface area contributed by atoms with Crippen molar-refractivity contribution in [2.24, 2.45) is 0 Å². The summed E-state index contributed by atoms with van der Waals surface area (Å²) < 4.78 is 5.43. The molecule has 9 heteroatoms. The van der Waals surface area contributed by atoms with Crippen LogP contribution in [0.15, 0.2) is 42.9 Å². The van der Waals surface area contributed by atoms with Crippen molar-refractivity contribution in [2.45, 2.75) is 13.0 Å². The third-order valence-electron chi connectivity index (χ3n) is 5.80. The third kappa shape index (κ3) is 4.12. The summed E-state index contributed by atoms with van der Waals surface area (Å²) in [6.45, 7) is 4.59. The summed E-state index contributed by atoms with van der Waals surface area (Å²) in [5.74, 6) is -0.332. The average molecular weight is 432 g/mol. The number of fused-ring (bicyclic) bond motifs is 1. The molecule has 2 aliphatic heterocycles. The first-order valence-electron chi connectivity index (χ1n) is 10.7. The highest BCUT2D eigenvalue weighted by atomic mass is 16.5. The number of nitrogens with one attached hydrogen (secondary N) is 2. The fourth-order valence-corrected chi connectivity index (χ4v) is 4.09. The normalized spacial score (nSPS) is 15.8. The van der Waals surface area contributed by atoms with Crippen molar-refractivity contribution >= 4 is 23.1 Å². The predicted octanol–water partition coefficient (Wildman–Crippen LogP) is 1.86. The molecule has 1 aromatic carbocycles. The van der Waals surface area contributed by atoms with Crippen LogP contribution in [0.25, 0.3) is 11.3 Å². The van der Waals surface area contributed by atoms with E-state index in [-0.39, 0.29) is 11.5 Å². The predicted molar refractivity (Wildman–Crippen MR) is 123 cm³/mol. The fraction of sp³-hybridized carbons (Fsp3) is 0.304. The molecular weight excluding hydrogens is 406 g/mol. The summed E-state index contributed by atoms with van der Waals surface area (Å²) in [7, 11) is 0. The number of carbonyl (C=O) groups excluding carboxylic acids is 1. The second kappa shape index (κ2) is 8.89. The Morgan fingerprint density at radius 2 is 2.03 bits per heavy atom. The van der Waals surface area contributed by atoms with Gasteiger partial charge in [-0.15, -0.1) is 0 Å². The van der Waals surface area contributed by atoms with Gasteiger partial charge in [-0.1, -0.05) is 12.1 Å². The van der Waals surface area contributed by atoms with Crippen LogP contribution in [0.2, 0.25) is 0 Å². The second-order valence-corrected chi connectivity index (χ2v) is 7.85. The molecule has 1 saturated heterocycles. The summed E-state index contributed by atoms with van der Waals surface area (Å²) >= 11 is 0. The lowest BCUT2D eigenvalue weighted by atomic mass is 9.97. The Morgan fingerprint density at radius 1 is 1.16 bits per heavy atom. The molecule has 9 nitrogen and oxygen atoms in total. The van der Waals surface area contributed by atoms with Gasteiger partial charge in [0.2, 0.25) is 0 Å². The molecule has 0 saturated carbocycles. The summed E-state index contributed by atoms with van der Waals surface area (Å²) in [6.07, 6.45) is 5.95. The molecule has 1 amide bonds. The minimum atomic E-state index is -0.418. The highest BCUT2D eigenvalue weighted by Crippen LogP contribution is 2.27. The Kier molecular flexibility index (Phi) is 5.66. The molecule has 0 spiro atoms. The molecule has 4 heterocycles. The van der Waals surface area contributed by atoms with E-state index >= 15 is 0 Å². The highest BCUT2D eigenvalue weighted by molar-refractivity contribution is 6.07. The Bertz CT molecular complexity index is 1140. The molecule has 0 radical (unpaired) electrons. The topological polar surface area (TPSA) is 118 Å². The Balaban J connectivity index is 1.42. The van der Waals surface area contributed by atoms with Crippen LogP contribution < -0.4 is 21.3 Å². The van der Waals surface area contributed by atoms with Gasteiger partial charge in [0.25, 0.3) is 5.91 Å². The third-order valence-corrected chi connectivity index (χ3v) is 5.80. The number of carbonyl (C=O) groups is 1. The number of amides is 1. The average Bonchev–Trinajstić information content (AvgIpc) is 2.85. The zero-order valence-electron chi connectivity index (χ0n) is 17.7. The summed E-state index contributed by atoms with van der Waals surface area (Å²) in [5, 5.41) is 6.30. The number of nitrogens with zero attached hydrogens (tertiary/aromatic N) is 4. The molecule has 5 rings (SSSR count). The minimum Gasteiger partial charge on any atom is -0.382 e. The first-order valence-corrected chi connectivity index (χ1v) is 10.7. The Labute approximate surface area is 186 Å². The zero-order valence-corrected chi connectivity index (χ0v) is 17.7. The lowest BCUT2D eigenvalue weighted by Crippen LogP contribution is -2.36. The molecule has 164 valence electrons. The number of pyridine rings is 1. The molecule has 1 fully saturated rings. The van der Waals surface area contributed by atoms with Gasteiger partial charge in [0.1, 0.15) is 0 Å². The molecule has 2 aliphatic rings. The Morgan fingerprint density at radius 3 is 2.91 bits per heavy atom. The van der Waals surface area contributed by atoms with Gasteiger partial charge in [0, 0.05) is 31.4 Å². The van der Waals surface area contributed by atoms with E-state index in [0.29, 0.717) is 24.6 Å². The monoisotopic (exact) mass is 431 g/mol. The van der Waals surface area contributed by atoms with Crippen LogP contribution in [0.4, 0.5) is 17.2 Å². The van der Waals surface area contributed by atoms with Crippen molar-refractivity contribution in [3.05, 3.63) is 59.7 Å². The number of hydrogen-bond acceptors (Lipinski definition) is 8. The molecule has 0 atom stereocenters. The van der Waals surface area contributed by atoms with Gasteiger partial charge in [-0.2, -0.15) is 0 Å². The Hall–Kier alpha value is -3.56. The van der Waals surface area contributed by atoms with Gasteiger partial charge in [0.05, 0.1) is 42.7 Å². The fourth-order valence-electron chi connectivity index (χ4n) is 4.09. The van der Waals surface area contributed by atoms with E-state index in [4.69, 9.17) is 10.5 Å². The van der Waals surface area contributed by atoms with Crippen LogP contribution in [0.5, 0.6) is 0 Å². The summed E-state index contributed by atoms with van der Waals surface area (Å²) in [6, 6.07) is 8.12. The van der Waals surface area contributed by atoms with Crippen molar-refractivity contribution in [2.75, 3.05) is 48.8 Å². The van der Waals surface area contributed by atoms with Crippen LogP contribution >= 0.6 is 0 Å². The number of aromatic nitrogens is 3. The van der Waals surface area contributed by atoms with Crippen LogP contribution in [0, 0.1) is 0 Å². The summed E-state index contributed by atoms with van der Waals surface area (Å²) in [5.41, 5.74) is 11.7. The highest BCUT2D eigenvalue weighted by Gasteiger charge is 2.20. The van der Waals surface area contributed by atoms with Crippen molar-refractivity contribution in [3.8, 4) is 11.3 Å². The van der Waals surface area contributed by atoms with Crippen molar-refractivity contribution < 1.29 is 9.53 Å². The summed E-state index contributed by atoms with van der Waals surface area (Å²) in [4.78, 5) is 28.2. The maximum Gasteiger partial charge on any atom is 0.278 e. The SMILES string of the molecule is Nc1ncc(-c2ccc3c(c2)CNCC3)nc1C(=O)Nc1cnccc1N1CCOCC1. The van der Waals surface area contributed by atoms with Crippen LogP contribution in [0.1, 0.15) is 21.6 Å². The maximum absolute atomic E-state index is 13.1. The van der Waals surface area contributed by atoms with Crippen LogP contribution in [0.3, 0.4) is 0 Å². The molecule has 32 heavy (non-hydrogen) atoms. The molecular formula is C23H25N7O2. The minimum absolute atomic E-state index is 0.0858. The van der Waals surface area contributed by atoms with E-state index in [9.17, 15) is 4.79 Å². The van der Waals surface area contributed by atoms with Crippen LogP contribution in [-0.4, -0.2) is 53.7 Å². The van der Waals surface area contributed by atoms with E-state index in [1.807, 2.05) is 12.1 Å². The van der Waals surface area contributed by atoms with E-state index in [1.165, 1.54) is 11.1 Å². The number of nitrogens with two attached hydrogens (primary N) is 1. The molecule has 4 N–H and O–H groups in total. The van der Waals surface area contributed by atoms with Crippen LogP contribution in [-0.2, 0) is 17.7 Å². The largest absolute Gasteiger partial charge is 0.382 e. The quantitative estimate of drug-likeness (QED) is 0.573. The van der Waals surface area contributed by atoms with Gasteiger partial charge in [-0.05, 0) is 36.2 Å². The number of nitrogen functional groups attached to an aromatic ring is 1. The van der Waals surface area contributed by atoms with E-state index in [0.717, 1.165) is 43.9 Å². The first-order chi connectivity index (χ1) is 15.7. The molecule has 0 aliphatic carbocycles. The first kappa shape index (κ1) is 20.3. The molecule has 0 unspecified atom stereocenters. The molecule has 2 aromatic heterocycles. The van der Waals surface area contributed by atoms with E-state index < -0.39 is 5.91 Å². The number of morpholine rings is 1. The van der Waals surface area contributed by atoms with Crippen molar-refractivity contribution in [1.82, 2.24) is 20.3 Å². The van der Waals surface area contributed by atoms with Gasteiger partial charge >= 0.3 is 0 Å². The second-order valence-electron chi connectivity index (χ2n) is 7.85. The number of rotatable bonds is 4. The standard InChI is InChI=1S/C23H25N7O2/c24-22-21(23(31)29-19-13-26-6-4-20(19)30-7-9-32-10-8-30)28-18(14-27-22)16-2-1-15-3-5-25-12-17(15)11-16/h1-2,4,6,11,13-14,25H,3,5,7-10,12H2,(H2,24,27)(H,29,31). The van der Waals surface area contributed by atoms with E-state index in [2.05, 4.69) is 42.6 Å². The number of benzene rings is 1. The molecule has 0 bridgehead atoms. The number of ether oxygens (including phenoxy) is 1.